The van der Waals surface area contributed by atoms with Crippen LogP contribution >= 0.6 is 0 Å². The van der Waals surface area contributed by atoms with Crippen molar-refractivity contribution in [1.29, 1.82) is 0 Å². The predicted molar refractivity (Wildman–Crippen MR) is 285 cm³/mol. The maximum atomic E-state index is 2.75. The van der Waals surface area contributed by atoms with Gasteiger partial charge in [-0.15, -0.1) is 0 Å². The van der Waals surface area contributed by atoms with Crippen LogP contribution in [0.5, 0.6) is 0 Å². The average molecular weight is 864 g/mol. The highest BCUT2D eigenvalue weighted by Gasteiger charge is 2.22. The fourth-order valence-electron chi connectivity index (χ4n) is 10.0. The van der Waals surface area contributed by atoms with Crippen LogP contribution in [0.2, 0.25) is 0 Å². The minimum absolute atomic E-state index is 0.219. The van der Waals surface area contributed by atoms with Gasteiger partial charge in [0.15, 0.2) is 0 Å². The monoisotopic (exact) mass is 863 g/mol. The van der Waals surface area contributed by atoms with Crippen LogP contribution in [0, 0.1) is 13.8 Å². The largest absolute Gasteiger partial charge is 0.372 e. The molecule has 3 rings (SSSR count). The number of rotatable bonds is 41. The van der Waals surface area contributed by atoms with Gasteiger partial charge in [-0.05, 0) is 91.6 Å². The average Bonchev–Trinajstić information content (AvgIpc) is 3.30. The van der Waals surface area contributed by atoms with Crippen molar-refractivity contribution in [2.24, 2.45) is 0 Å². The minimum atomic E-state index is 0.219. The number of unbranched alkanes of at least 4 members (excludes halogenated alkanes) is 28. The summed E-state index contributed by atoms with van der Waals surface area (Å²) in [6.07, 6.45) is 44.1. The van der Waals surface area contributed by atoms with Crippen LogP contribution in [0.15, 0.2) is 66.7 Å². The van der Waals surface area contributed by atoms with E-state index in [4.69, 9.17) is 0 Å². The van der Waals surface area contributed by atoms with E-state index >= 15 is 0 Å². The second-order valence-electron chi connectivity index (χ2n) is 19.8. The van der Waals surface area contributed by atoms with Gasteiger partial charge in [0.2, 0.25) is 0 Å². The summed E-state index contributed by atoms with van der Waals surface area (Å²) in [4.78, 5) is 5.49. The first-order valence-electron chi connectivity index (χ1n) is 27.8. The zero-order valence-corrected chi connectivity index (χ0v) is 42.8. The first kappa shape index (κ1) is 54.6. The Labute approximate surface area is 393 Å². The molecule has 0 aliphatic heterocycles. The van der Waals surface area contributed by atoms with Crippen molar-refractivity contribution in [2.45, 2.75) is 253 Å². The summed E-state index contributed by atoms with van der Waals surface area (Å²) >= 11 is 0. The summed E-state index contributed by atoms with van der Waals surface area (Å²) < 4.78 is 0. The standard InChI is InChI=1S/C61H102N2/c1-7-11-15-19-23-27-31-38-48-62(49-39-32-28-24-20-16-12-8-2)57-44-46-59(54(5)52-57)61(56-42-36-35-37-43-56)60-47-45-58(53-55(60)6)63(50-40-33-29-25-21-17-13-9-3)51-41-34-30-26-22-18-14-10-4/h35-37,42-47,52-53,61H,7-34,38-41,48-51H2,1-6H3. The maximum Gasteiger partial charge on any atom is 0.0369 e. The molecule has 0 N–H and O–H groups in total. The molecule has 0 aromatic heterocycles. The highest BCUT2D eigenvalue weighted by Crippen LogP contribution is 2.38. The van der Waals surface area contributed by atoms with Gasteiger partial charge >= 0.3 is 0 Å². The van der Waals surface area contributed by atoms with Crippen LogP contribution in [0.1, 0.15) is 267 Å². The van der Waals surface area contributed by atoms with E-state index in [1.807, 2.05) is 0 Å². The lowest BCUT2D eigenvalue weighted by Crippen LogP contribution is -2.26. The molecule has 63 heavy (non-hydrogen) atoms. The van der Waals surface area contributed by atoms with Crippen molar-refractivity contribution in [1.82, 2.24) is 0 Å². The molecule has 356 valence electrons. The normalized spacial score (nSPS) is 11.5. The molecule has 0 spiro atoms. The number of hydrogen-bond donors (Lipinski definition) is 0. The molecule has 0 radical (unpaired) electrons. The van der Waals surface area contributed by atoms with Crippen LogP contribution in [-0.4, -0.2) is 26.2 Å². The van der Waals surface area contributed by atoms with Crippen LogP contribution in [-0.2, 0) is 0 Å². The van der Waals surface area contributed by atoms with Crippen molar-refractivity contribution in [3.05, 3.63) is 94.5 Å². The molecule has 0 heterocycles. The fraction of sp³-hybridized carbons (Fsp3) is 0.705. The third kappa shape index (κ3) is 23.3. The minimum Gasteiger partial charge on any atom is -0.372 e. The molecular weight excluding hydrogens is 761 g/mol. The Hall–Kier alpha value is -2.74. The van der Waals surface area contributed by atoms with Crippen LogP contribution < -0.4 is 9.80 Å². The molecule has 0 aliphatic carbocycles. The molecule has 3 aromatic rings. The van der Waals surface area contributed by atoms with E-state index in [-0.39, 0.29) is 5.92 Å². The van der Waals surface area contributed by atoms with Crippen LogP contribution in [0.3, 0.4) is 0 Å². The zero-order valence-electron chi connectivity index (χ0n) is 42.8. The van der Waals surface area contributed by atoms with Gasteiger partial charge in [-0.25, -0.2) is 0 Å². The topological polar surface area (TPSA) is 6.48 Å². The molecule has 0 unspecified atom stereocenters. The predicted octanol–water partition coefficient (Wildman–Crippen LogP) is 19.7. The Balaban J connectivity index is 1.79. The summed E-state index contributed by atoms with van der Waals surface area (Å²) in [5.74, 6) is 0.219. The summed E-state index contributed by atoms with van der Waals surface area (Å²) in [5, 5.41) is 0. The van der Waals surface area contributed by atoms with Gasteiger partial charge in [0.1, 0.15) is 0 Å². The maximum absolute atomic E-state index is 2.75. The van der Waals surface area contributed by atoms with E-state index in [0.717, 1.165) is 0 Å². The van der Waals surface area contributed by atoms with Gasteiger partial charge in [-0.2, -0.15) is 0 Å². The van der Waals surface area contributed by atoms with Crippen molar-refractivity contribution >= 4 is 11.4 Å². The van der Waals surface area contributed by atoms with Gasteiger partial charge in [0, 0.05) is 43.5 Å². The summed E-state index contributed by atoms with van der Waals surface area (Å²) in [7, 11) is 0. The third-order valence-electron chi connectivity index (χ3n) is 14.1. The van der Waals surface area contributed by atoms with Crippen molar-refractivity contribution in [3.8, 4) is 0 Å². The molecule has 0 aliphatic rings. The highest BCUT2D eigenvalue weighted by atomic mass is 15.1. The quantitative estimate of drug-likeness (QED) is 0.0414. The lowest BCUT2D eigenvalue weighted by Gasteiger charge is -2.29. The van der Waals surface area contributed by atoms with Gasteiger partial charge in [0.05, 0.1) is 0 Å². The lowest BCUT2D eigenvalue weighted by atomic mass is 9.81. The van der Waals surface area contributed by atoms with Gasteiger partial charge in [-0.3, -0.25) is 0 Å². The molecule has 0 saturated carbocycles. The number of anilines is 2. The Morgan fingerprint density at radius 3 is 0.857 bits per heavy atom. The van der Waals surface area contributed by atoms with Gasteiger partial charge in [-0.1, -0.05) is 250 Å². The van der Waals surface area contributed by atoms with Gasteiger partial charge < -0.3 is 9.80 Å². The Bertz CT molecular complexity index is 1360. The van der Waals surface area contributed by atoms with Crippen LogP contribution in [0.4, 0.5) is 11.4 Å². The van der Waals surface area contributed by atoms with Crippen molar-refractivity contribution in [2.75, 3.05) is 36.0 Å². The van der Waals surface area contributed by atoms with E-state index < -0.39 is 0 Å². The Kier molecular flexibility index (Phi) is 31.6. The van der Waals surface area contributed by atoms with E-state index in [1.165, 1.54) is 271 Å². The molecule has 2 nitrogen and oxygen atoms in total. The molecule has 0 bridgehead atoms. The molecule has 2 heteroatoms. The first-order valence-corrected chi connectivity index (χ1v) is 27.8. The van der Waals surface area contributed by atoms with Crippen molar-refractivity contribution < 1.29 is 0 Å². The summed E-state index contributed by atoms with van der Waals surface area (Å²) in [6.45, 7) is 18.8. The van der Waals surface area contributed by atoms with E-state index in [9.17, 15) is 0 Å². The molecule has 3 aromatic carbocycles. The highest BCUT2D eigenvalue weighted by molar-refractivity contribution is 5.58. The molecular formula is C61H102N2. The van der Waals surface area contributed by atoms with E-state index in [1.54, 1.807) is 0 Å². The molecule has 0 saturated heterocycles. The Morgan fingerprint density at radius 1 is 0.317 bits per heavy atom. The zero-order chi connectivity index (χ0) is 45.0. The summed E-state index contributed by atoms with van der Waals surface area (Å²) in [5.41, 5.74) is 10.0. The number of hydrogen-bond acceptors (Lipinski definition) is 2. The second kappa shape index (κ2) is 36.5. The van der Waals surface area contributed by atoms with Crippen LogP contribution in [0.25, 0.3) is 0 Å². The molecule has 0 amide bonds. The summed E-state index contributed by atoms with van der Waals surface area (Å²) in [6, 6.07) is 26.4. The van der Waals surface area contributed by atoms with E-state index in [0.29, 0.717) is 0 Å². The second-order valence-corrected chi connectivity index (χ2v) is 19.8. The lowest BCUT2D eigenvalue weighted by molar-refractivity contribution is 0.555. The SMILES string of the molecule is CCCCCCCCCCN(CCCCCCCCCC)c1ccc(C(c2ccccc2)c2ccc(N(CCCCCCCCCC)CCCCCCCCCC)cc2C)c(C)c1. The smallest absolute Gasteiger partial charge is 0.0369 e. The molecule has 0 atom stereocenters. The van der Waals surface area contributed by atoms with Gasteiger partial charge in [0.25, 0.3) is 0 Å². The number of aryl methyl sites for hydroxylation is 2. The van der Waals surface area contributed by atoms with Crippen molar-refractivity contribution in [3.63, 3.8) is 0 Å². The molecule has 0 fully saturated rings. The first-order chi connectivity index (χ1) is 31.0. The number of nitrogens with zero attached hydrogens (tertiary/aromatic N) is 2. The van der Waals surface area contributed by atoms with E-state index in [2.05, 4.69) is 118 Å². The Morgan fingerprint density at radius 2 is 0.587 bits per heavy atom. The number of benzene rings is 3. The third-order valence-corrected chi connectivity index (χ3v) is 14.1. The fourth-order valence-corrected chi connectivity index (χ4v) is 10.0.